The van der Waals surface area contributed by atoms with Gasteiger partial charge in [0, 0.05) is 31.9 Å². The van der Waals surface area contributed by atoms with Crippen LogP contribution >= 0.6 is 0 Å². The summed E-state index contributed by atoms with van der Waals surface area (Å²) in [5, 5.41) is 0. The molecule has 0 amide bonds. The van der Waals surface area contributed by atoms with Gasteiger partial charge in [0.15, 0.2) is 0 Å². The van der Waals surface area contributed by atoms with Crippen LogP contribution in [0.2, 0.25) is 0 Å². The zero-order valence-electron chi connectivity index (χ0n) is 15.5. The number of hydrogen-bond donors (Lipinski definition) is 1. The lowest BCUT2D eigenvalue weighted by molar-refractivity contribution is -0.0888. The lowest BCUT2D eigenvalue weighted by atomic mass is 9.82. The van der Waals surface area contributed by atoms with Gasteiger partial charge in [-0.3, -0.25) is 9.78 Å². The Morgan fingerprint density at radius 2 is 2.00 bits per heavy atom. The summed E-state index contributed by atoms with van der Waals surface area (Å²) in [6.45, 7) is 3.45. The average Bonchev–Trinajstić information content (AvgIpc) is 3.21. The van der Waals surface area contributed by atoms with Crippen molar-refractivity contribution < 1.29 is 13.2 Å². The van der Waals surface area contributed by atoms with E-state index in [2.05, 4.69) is 9.88 Å². The quantitative estimate of drug-likeness (QED) is 0.754. The van der Waals surface area contributed by atoms with E-state index in [4.69, 9.17) is 0 Å². The van der Waals surface area contributed by atoms with Crippen molar-refractivity contribution in [1.82, 2.24) is 14.5 Å². The van der Waals surface area contributed by atoms with Crippen LogP contribution in [0.25, 0.3) is 0 Å². The number of aromatic amines is 1. The number of rotatable bonds is 6. The number of halogens is 3. The highest BCUT2D eigenvalue weighted by Crippen LogP contribution is 2.64. The number of allylic oxidation sites excluding steroid dienone is 4. The van der Waals surface area contributed by atoms with E-state index in [0.29, 0.717) is 18.9 Å². The van der Waals surface area contributed by atoms with E-state index in [-0.39, 0.29) is 17.0 Å². The Hall–Kier alpha value is -2.09. The van der Waals surface area contributed by atoms with Gasteiger partial charge in [0.25, 0.3) is 5.56 Å². The molecule has 152 valence electrons. The van der Waals surface area contributed by atoms with Crippen molar-refractivity contribution in [2.45, 2.75) is 38.4 Å². The Kier molecular flexibility index (Phi) is 4.85. The maximum absolute atomic E-state index is 12.8. The first-order chi connectivity index (χ1) is 13.3. The Bertz CT molecular complexity index is 914. The molecule has 1 aliphatic heterocycles. The standard InChI is InChI=1S/C20H24F3N3O2/c21-20(22,23)15-5-3-14(4-6-15)19-11-16(19)12-25(13-19)8-1-2-9-26-10-7-17(27)24-18(26)28/h3,5-7,10,14,16H,1-2,4,8-9,11-13H2,(H,24,27,28)/t14-,16-,19+/m0/s1. The first-order valence-electron chi connectivity index (χ1n) is 9.76. The molecule has 1 N–H and O–H groups in total. The minimum absolute atomic E-state index is 0.153. The molecule has 3 atom stereocenters. The molecule has 0 spiro atoms. The number of likely N-dealkylation sites (tertiary alicyclic amines) is 1. The maximum Gasteiger partial charge on any atom is 0.416 e. The predicted octanol–water partition coefficient (Wildman–Crippen LogP) is 2.70. The normalized spacial score (nSPS) is 29.6. The summed E-state index contributed by atoms with van der Waals surface area (Å²) in [7, 11) is 0. The Morgan fingerprint density at radius 3 is 2.68 bits per heavy atom. The van der Waals surface area contributed by atoms with Gasteiger partial charge in [-0.05, 0) is 49.5 Å². The van der Waals surface area contributed by atoms with Gasteiger partial charge in [0.05, 0.1) is 5.57 Å². The predicted molar refractivity (Wildman–Crippen MR) is 98.9 cm³/mol. The van der Waals surface area contributed by atoms with Crippen LogP contribution in [0.5, 0.6) is 0 Å². The van der Waals surface area contributed by atoms with Crippen LogP contribution in [0.3, 0.4) is 0 Å². The molecule has 0 unspecified atom stereocenters. The fourth-order valence-corrected chi connectivity index (χ4v) is 4.87. The molecule has 4 rings (SSSR count). The molecule has 1 saturated heterocycles. The van der Waals surface area contributed by atoms with Gasteiger partial charge in [-0.1, -0.05) is 18.2 Å². The highest BCUT2D eigenvalue weighted by molar-refractivity contribution is 5.31. The smallest absolute Gasteiger partial charge is 0.302 e. The molecule has 1 saturated carbocycles. The molecular formula is C20H24F3N3O2. The largest absolute Gasteiger partial charge is 0.416 e. The molecule has 0 bridgehead atoms. The summed E-state index contributed by atoms with van der Waals surface area (Å²) in [5.74, 6) is 0.790. The number of H-pyrrole nitrogens is 1. The second-order valence-corrected chi connectivity index (χ2v) is 8.24. The number of nitrogens with zero attached hydrogens (tertiary/aromatic N) is 2. The van der Waals surface area contributed by atoms with E-state index in [0.717, 1.165) is 38.9 Å². The monoisotopic (exact) mass is 395 g/mol. The lowest BCUT2D eigenvalue weighted by Crippen LogP contribution is -2.30. The van der Waals surface area contributed by atoms with Gasteiger partial charge < -0.3 is 9.47 Å². The van der Waals surface area contributed by atoms with Crippen molar-refractivity contribution >= 4 is 0 Å². The fraction of sp³-hybridized carbons (Fsp3) is 0.600. The van der Waals surface area contributed by atoms with E-state index in [1.54, 1.807) is 6.08 Å². The summed E-state index contributed by atoms with van der Waals surface area (Å²) in [6.07, 6.45) is 4.99. The summed E-state index contributed by atoms with van der Waals surface area (Å²) in [4.78, 5) is 27.4. The molecule has 2 heterocycles. The fourth-order valence-electron chi connectivity index (χ4n) is 4.87. The molecule has 2 fully saturated rings. The highest BCUT2D eigenvalue weighted by atomic mass is 19.4. The van der Waals surface area contributed by atoms with Gasteiger partial charge in [0.2, 0.25) is 0 Å². The van der Waals surface area contributed by atoms with Gasteiger partial charge in [0.1, 0.15) is 0 Å². The number of piperidine rings is 1. The second kappa shape index (κ2) is 7.06. The molecule has 2 aliphatic carbocycles. The van der Waals surface area contributed by atoms with Crippen molar-refractivity contribution in [1.29, 1.82) is 0 Å². The number of hydrogen-bond acceptors (Lipinski definition) is 3. The van der Waals surface area contributed by atoms with Gasteiger partial charge in [-0.25, -0.2) is 4.79 Å². The van der Waals surface area contributed by atoms with Crippen LogP contribution in [-0.4, -0.2) is 40.3 Å². The molecule has 1 aromatic rings. The van der Waals surface area contributed by atoms with Crippen LogP contribution in [0.4, 0.5) is 13.2 Å². The summed E-state index contributed by atoms with van der Waals surface area (Å²) < 4.78 is 39.9. The number of fused-ring (bicyclic) bond motifs is 1. The van der Waals surface area contributed by atoms with Crippen molar-refractivity contribution in [3.63, 3.8) is 0 Å². The molecule has 5 nitrogen and oxygen atoms in total. The zero-order chi connectivity index (χ0) is 19.9. The lowest BCUT2D eigenvalue weighted by Gasteiger charge is -2.27. The molecule has 8 heteroatoms. The van der Waals surface area contributed by atoms with Crippen LogP contribution in [-0.2, 0) is 6.54 Å². The average molecular weight is 395 g/mol. The third-order valence-corrected chi connectivity index (χ3v) is 6.46. The number of unbranched alkanes of at least 4 members (excludes halogenated alkanes) is 1. The molecule has 3 aliphatic rings. The van der Waals surface area contributed by atoms with Gasteiger partial charge in [-0.15, -0.1) is 0 Å². The topological polar surface area (TPSA) is 58.1 Å². The number of aromatic nitrogens is 2. The van der Waals surface area contributed by atoms with E-state index < -0.39 is 17.3 Å². The van der Waals surface area contributed by atoms with Gasteiger partial charge in [-0.2, -0.15) is 13.2 Å². The van der Waals surface area contributed by atoms with E-state index in [1.165, 1.54) is 29.0 Å². The number of nitrogens with one attached hydrogen (secondary N) is 1. The highest BCUT2D eigenvalue weighted by Gasteiger charge is 2.62. The van der Waals surface area contributed by atoms with Crippen molar-refractivity contribution in [3.8, 4) is 0 Å². The van der Waals surface area contributed by atoms with Crippen molar-refractivity contribution in [2.24, 2.45) is 17.3 Å². The minimum Gasteiger partial charge on any atom is -0.302 e. The molecule has 1 aromatic heterocycles. The first-order valence-corrected chi connectivity index (χ1v) is 9.76. The Labute approximate surface area is 160 Å². The number of aryl methyl sites for hydroxylation is 1. The Morgan fingerprint density at radius 1 is 1.21 bits per heavy atom. The van der Waals surface area contributed by atoms with E-state index in [9.17, 15) is 22.8 Å². The third-order valence-electron chi connectivity index (χ3n) is 6.46. The summed E-state index contributed by atoms with van der Waals surface area (Å²) in [5.41, 5.74) is -1.15. The first kappa shape index (κ1) is 19.2. The summed E-state index contributed by atoms with van der Waals surface area (Å²) >= 11 is 0. The third kappa shape index (κ3) is 3.74. The molecule has 0 radical (unpaired) electrons. The Balaban J connectivity index is 1.24. The van der Waals surface area contributed by atoms with E-state index in [1.807, 2.05) is 0 Å². The second-order valence-electron chi connectivity index (χ2n) is 8.24. The van der Waals surface area contributed by atoms with Crippen LogP contribution in [0.1, 0.15) is 25.7 Å². The summed E-state index contributed by atoms with van der Waals surface area (Å²) in [6, 6.07) is 1.34. The van der Waals surface area contributed by atoms with Gasteiger partial charge >= 0.3 is 11.9 Å². The van der Waals surface area contributed by atoms with Crippen LogP contribution in [0, 0.1) is 17.3 Å². The van der Waals surface area contributed by atoms with Crippen molar-refractivity contribution in [3.05, 3.63) is 56.9 Å². The van der Waals surface area contributed by atoms with Crippen LogP contribution < -0.4 is 11.2 Å². The number of alkyl halides is 3. The van der Waals surface area contributed by atoms with Crippen LogP contribution in [0.15, 0.2) is 45.7 Å². The SMILES string of the molecule is O=c1ccn(CCCCN2C[C@@H]3C[C@]3([C@H]3C=CC(C(F)(F)F)=CC3)C2)c(=O)[nH]1. The molecular weight excluding hydrogens is 371 g/mol. The molecule has 28 heavy (non-hydrogen) atoms. The van der Waals surface area contributed by atoms with E-state index >= 15 is 0 Å². The minimum atomic E-state index is -4.25. The van der Waals surface area contributed by atoms with Crippen molar-refractivity contribution in [2.75, 3.05) is 19.6 Å². The maximum atomic E-state index is 12.8. The molecule has 0 aromatic carbocycles. The zero-order valence-corrected chi connectivity index (χ0v) is 15.5.